The zero-order valence-corrected chi connectivity index (χ0v) is 16.5. The molecule has 7 heteroatoms. The standard InChI is InChI=1S/C21H21ClN4O2/c1-14-11-16(22)5-8-18(14)26-20-13-24-19(12-25-20)21(27)23-10-9-15-3-6-17(28-2)7-4-15/h3-8,11-13H,9-10H2,1-2H3,(H,23,27)(H,25,26). The first-order chi connectivity index (χ1) is 13.5. The van der Waals surface area contributed by atoms with Gasteiger partial charge in [-0.1, -0.05) is 23.7 Å². The van der Waals surface area contributed by atoms with Gasteiger partial charge in [0.15, 0.2) is 0 Å². The number of benzene rings is 2. The topological polar surface area (TPSA) is 76.1 Å². The van der Waals surface area contributed by atoms with E-state index < -0.39 is 0 Å². The summed E-state index contributed by atoms with van der Waals surface area (Å²) in [5, 5.41) is 6.69. The van der Waals surface area contributed by atoms with Crippen molar-refractivity contribution in [3.8, 4) is 5.75 Å². The molecule has 0 aliphatic carbocycles. The average molecular weight is 397 g/mol. The molecule has 1 amide bonds. The van der Waals surface area contributed by atoms with Crippen LogP contribution in [0.5, 0.6) is 5.75 Å². The van der Waals surface area contributed by atoms with E-state index in [1.165, 1.54) is 12.4 Å². The van der Waals surface area contributed by atoms with Crippen molar-refractivity contribution in [3.63, 3.8) is 0 Å². The molecule has 2 aromatic carbocycles. The Morgan fingerprint density at radius 1 is 1.11 bits per heavy atom. The number of hydrogen-bond donors (Lipinski definition) is 2. The molecule has 2 N–H and O–H groups in total. The van der Waals surface area contributed by atoms with Crippen LogP contribution in [0, 0.1) is 6.92 Å². The fourth-order valence-corrected chi connectivity index (χ4v) is 2.84. The van der Waals surface area contributed by atoms with E-state index in [1.807, 2.05) is 43.3 Å². The molecule has 3 aromatic rings. The lowest BCUT2D eigenvalue weighted by Gasteiger charge is -2.09. The Balaban J connectivity index is 1.52. The van der Waals surface area contributed by atoms with Crippen LogP contribution in [0.4, 0.5) is 11.5 Å². The van der Waals surface area contributed by atoms with E-state index in [9.17, 15) is 4.79 Å². The normalized spacial score (nSPS) is 10.4. The minimum absolute atomic E-state index is 0.254. The highest BCUT2D eigenvalue weighted by molar-refractivity contribution is 6.30. The van der Waals surface area contributed by atoms with Crippen molar-refractivity contribution in [2.45, 2.75) is 13.3 Å². The number of rotatable bonds is 7. The first-order valence-corrected chi connectivity index (χ1v) is 9.19. The second kappa shape index (κ2) is 9.19. The molecule has 1 aromatic heterocycles. The molecule has 6 nitrogen and oxygen atoms in total. The molecule has 0 saturated heterocycles. The number of anilines is 2. The number of methoxy groups -OCH3 is 1. The Morgan fingerprint density at radius 3 is 2.54 bits per heavy atom. The van der Waals surface area contributed by atoms with E-state index >= 15 is 0 Å². The second-order valence-corrected chi connectivity index (χ2v) is 6.66. The number of hydrogen-bond acceptors (Lipinski definition) is 5. The van der Waals surface area contributed by atoms with Gasteiger partial charge in [-0.15, -0.1) is 0 Å². The lowest BCUT2D eigenvalue weighted by molar-refractivity contribution is 0.0949. The Hall–Kier alpha value is -3.12. The number of carbonyl (C=O) groups is 1. The van der Waals surface area contributed by atoms with Gasteiger partial charge in [0.25, 0.3) is 5.91 Å². The van der Waals surface area contributed by atoms with E-state index in [0.717, 1.165) is 29.0 Å². The van der Waals surface area contributed by atoms with Crippen LogP contribution >= 0.6 is 11.6 Å². The van der Waals surface area contributed by atoms with Crippen LogP contribution in [-0.2, 0) is 6.42 Å². The fraction of sp³-hybridized carbons (Fsp3) is 0.190. The monoisotopic (exact) mass is 396 g/mol. The third-order valence-corrected chi connectivity index (χ3v) is 4.43. The number of nitrogens with zero attached hydrogens (tertiary/aromatic N) is 2. The van der Waals surface area contributed by atoms with E-state index in [4.69, 9.17) is 16.3 Å². The highest BCUT2D eigenvalue weighted by Crippen LogP contribution is 2.22. The summed E-state index contributed by atoms with van der Waals surface area (Å²) < 4.78 is 5.13. The highest BCUT2D eigenvalue weighted by atomic mass is 35.5. The van der Waals surface area contributed by atoms with Crippen LogP contribution < -0.4 is 15.4 Å². The molecule has 28 heavy (non-hydrogen) atoms. The fourth-order valence-electron chi connectivity index (χ4n) is 2.62. The van der Waals surface area contributed by atoms with Gasteiger partial charge in [-0.05, 0) is 54.8 Å². The molecule has 0 aliphatic rings. The zero-order chi connectivity index (χ0) is 19.9. The smallest absolute Gasteiger partial charge is 0.271 e. The van der Waals surface area contributed by atoms with Crippen LogP contribution in [0.25, 0.3) is 0 Å². The summed E-state index contributed by atoms with van der Waals surface area (Å²) in [5.74, 6) is 1.11. The van der Waals surface area contributed by atoms with Crippen LogP contribution in [0.3, 0.4) is 0 Å². The third-order valence-electron chi connectivity index (χ3n) is 4.19. The van der Waals surface area contributed by atoms with Crippen LogP contribution in [0.1, 0.15) is 21.6 Å². The van der Waals surface area contributed by atoms with Gasteiger partial charge in [-0.2, -0.15) is 0 Å². The summed E-state index contributed by atoms with van der Waals surface area (Å²) in [6, 6.07) is 13.3. The summed E-state index contributed by atoms with van der Waals surface area (Å²) >= 11 is 5.96. The van der Waals surface area contributed by atoms with Gasteiger partial charge in [0.2, 0.25) is 0 Å². The number of ether oxygens (including phenoxy) is 1. The summed E-state index contributed by atoms with van der Waals surface area (Å²) in [4.78, 5) is 20.7. The van der Waals surface area contributed by atoms with Crippen molar-refractivity contribution in [3.05, 3.63) is 76.7 Å². The minimum atomic E-state index is -0.254. The minimum Gasteiger partial charge on any atom is -0.497 e. The maximum absolute atomic E-state index is 12.2. The average Bonchev–Trinajstić information content (AvgIpc) is 2.71. The van der Waals surface area contributed by atoms with E-state index in [0.29, 0.717) is 17.4 Å². The zero-order valence-electron chi connectivity index (χ0n) is 15.7. The van der Waals surface area contributed by atoms with Crippen LogP contribution in [-0.4, -0.2) is 29.5 Å². The third kappa shape index (κ3) is 5.20. The summed E-state index contributed by atoms with van der Waals surface area (Å²) in [5.41, 5.74) is 3.27. The van der Waals surface area contributed by atoms with E-state index in [-0.39, 0.29) is 11.6 Å². The number of halogens is 1. The van der Waals surface area contributed by atoms with Gasteiger partial charge in [-0.3, -0.25) is 4.79 Å². The van der Waals surface area contributed by atoms with Gasteiger partial charge >= 0.3 is 0 Å². The molecular formula is C21H21ClN4O2. The molecular weight excluding hydrogens is 376 g/mol. The van der Waals surface area contributed by atoms with Crippen molar-refractivity contribution in [1.29, 1.82) is 0 Å². The molecule has 0 bridgehead atoms. The first kappa shape index (κ1) is 19.6. The number of nitrogens with one attached hydrogen (secondary N) is 2. The maximum atomic E-state index is 12.2. The largest absolute Gasteiger partial charge is 0.497 e. The van der Waals surface area contributed by atoms with Crippen LogP contribution in [0.15, 0.2) is 54.9 Å². The molecule has 3 rings (SSSR count). The summed E-state index contributed by atoms with van der Waals surface area (Å²) in [6.45, 7) is 2.46. The van der Waals surface area contributed by atoms with Crippen molar-refractivity contribution in [1.82, 2.24) is 15.3 Å². The lowest BCUT2D eigenvalue weighted by Crippen LogP contribution is -2.26. The first-order valence-electron chi connectivity index (χ1n) is 8.81. The van der Waals surface area contributed by atoms with Gasteiger partial charge < -0.3 is 15.4 Å². The molecule has 144 valence electrons. The number of aryl methyl sites for hydroxylation is 1. The molecule has 0 atom stereocenters. The number of aromatic nitrogens is 2. The summed E-state index contributed by atoms with van der Waals surface area (Å²) in [6.07, 6.45) is 3.71. The Bertz CT molecular complexity index is 944. The number of amides is 1. The Labute approximate surface area is 168 Å². The van der Waals surface area contributed by atoms with E-state index in [2.05, 4.69) is 20.6 Å². The maximum Gasteiger partial charge on any atom is 0.271 e. The SMILES string of the molecule is COc1ccc(CCNC(=O)c2cnc(Nc3ccc(Cl)cc3C)cn2)cc1. The van der Waals surface area contributed by atoms with Crippen molar-refractivity contribution in [2.75, 3.05) is 19.0 Å². The predicted octanol–water partition coefficient (Wildman–Crippen LogP) is 4.16. The quantitative estimate of drug-likeness (QED) is 0.627. The lowest BCUT2D eigenvalue weighted by atomic mass is 10.1. The van der Waals surface area contributed by atoms with Gasteiger partial charge in [-0.25, -0.2) is 9.97 Å². The van der Waals surface area contributed by atoms with Gasteiger partial charge in [0.05, 0.1) is 19.5 Å². The second-order valence-electron chi connectivity index (χ2n) is 6.23. The molecule has 1 heterocycles. The van der Waals surface area contributed by atoms with Crippen molar-refractivity contribution < 1.29 is 9.53 Å². The highest BCUT2D eigenvalue weighted by Gasteiger charge is 2.08. The van der Waals surface area contributed by atoms with Gasteiger partial charge in [0.1, 0.15) is 17.3 Å². The Morgan fingerprint density at radius 2 is 1.89 bits per heavy atom. The molecule has 0 unspecified atom stereocenters. The van der Waals surface area contributed by atoms with Crippen molar-refractivity contribution in [2.24, 2.45) is 0 Å². The molecule has 0 saturated carbocycles. The molecule has 0 radical (unpaired) electrons. The van der Waals surface area contributed by atoms with E-state index in [1.54, 1.807) is 13.2 Å². The van der Waals surface area contributed by atoms with Crippen LogP contribution in [0.2, 0.25) is 5.02 Å². The molecule has 0 aliphatic heterocycles. The number of carbonyl (C=O) groups excluding carboxylic acids is 1. The molecule has 0 fully saturated rings. The van der Waals surface area contributed by atoms with Crippen molar-refractivity contribution >= 4 is 29.0 Å². The predicted molar refractivity (Wildman–Crippen MR) is 111 cm³/mol. The Kier molecular flexibility index (Phi) is 6.45. The molecule has 0 spiro atoms. The summed E-state index contributed by atoms with van der Waals surface area (Å²) in [7, 11) is 1.63. The van der Waals surface area contributed by atoms with Gasteiger partial charge in [0, 0.05) is 17.3 Å².